The zero-order valence-corrected chi connectivity index (χ0v) is 12.4. The van der Waals surface area contributed by atoms with Gasteiger partial charge < -0.3 is 4.52 Å². The lowest BCUT2D eigenvalue weighted by molar-refractivity contribution is 0.393. The average molecular weight is 298 g/mol. The molecule has 0 aliphatic heterocycles. The molecule has 4 rings (SSSR count). The van der Waals surface area contributed by atoms with Gasteiger partial charge in [-0.3, -0.25) is 0 Å². The van der Waals surface area contributed by atoms with Gasteiger partial charge in [0, 0.05) is 10.8 Å². The minimum absolute atomic E-state index is 0.738. The first-order valence-electron chi connectivity index (χ1n) is 7.45. The fourth-order valence-corrected chi connectivity index (χ4v) is 2.82. The first kappa shape index (κ1) is 13.5. The van der Waals surface area contributed by atoms with Gasteiger partial charge in [0.25, 0.3) is 0 Å². The highest BCUT2D eigenvalue weighted by Gasteiger charge is 2.15. The predicted octanol–water partition coefficient (Wildman–Crippen LogP) is 5.07. The first-order valence-corrected chi connectivity index (χ1v) is 7.45. The maximum Gasteiger partial charge on any atom is 0.152 e. The SMILES string of the molecule is c1ccc(-c2cccc(-c3conn3)c2-c2ccccc2)cc1. The van der Waals surface area contributed by atoms with Crippen molar-refractivity contribution in [2.24, 2.45) is 0 Å². The smallest absolute Gasteiger partial charge is 0.152 e. The Morgan fingerprint density at radius 3 is 1.91 bits per heavy atom. The molecule has 0 fully saturated rings. The molecule has 0 saturated carbocycles. The second-order valence-electron chi connectivity index (χ2n) is 5.25. The van der Waals surface area contributed by atoms with E-state index in [9.17, 15) is 0 Å². The molecule has 0 aliphatic carbocycles. The Morgan fingerprint density at radius 1 is 0.609 bits per heavy atom. The minimum atomic E-state index is 0.738. The lowest BCUT2D eigenvalue weighted by atomic mass is 9.89. The summed E-state index contributed by atoms with van der Waals surface area (Å²) in [4.78, 5) is 0. The van der Waals surface area contributed by atoms with Crippen molar-refractivity contribution in [3.63, 3.8) is 0 Å². The largest absolute Gasteiger partial charge is 0.345 e. The van der Waals surface area contributed by atoms with Crippen LogP contribution in [0.3, 0.4) is 0 Å². The zero-order chi connectivity index (χ0) is 15.5. The van der Waals surface area contributed by atoms with Crippen LogP contribution in [0.15, 0.2) is 89.6 Å². The van der Waals surface area contributed by atoms with E-state index >= 15 is 0 Å². The normalized spacial score (nSPS) is 10.6. The van der Waals surface area contributed by atoms with Gasteiger partial charge in [-0.05, 0) is 22.3 Å². The summed E-state index contributed by atoms with van der Waals surface area (Å²) >= 11 is 0. The number of rotatable bonds is 3. The van der Waals surface area contributed by atoms with Crippen molar-refractivity contribution in [3.8, 4) is 33.5 Å². The van der Waals surface area contributed by atoms with E-state index in [1.54, 1.807) is 6.26 Å². The van der Waals surface area contributed by atoms with Crippen molar-refractivity contribution in [1.29, 1.82) is 0 Å². The summed E-state index contributed by atoms with van der Waals surface area (Å²) in [5, 5.41) is 7.70. The predicted molar refractivity (Wildman–Crippen MR) is 90.6 cm³/mol. The Morgan fingerprint density at radius 2 is 1.26 bits per heavy atom. The molecule has 0 aliphatic rings. The maximum atomic E-state index is 4.94. The molecule has 0 amide bonds. The molecule has 0 radical (unpaired) electrons. The Kier molecular flexibility index (Phi) is 3.45. The van der Waals surface area contributed by atoms with Crippen LogP contribution in [-0.2, 0) is 0 Å². The second kappa shape index (κ2) is 5.89. The summed E-state index contributed by atoms with van der Waals surface area (Å²) in [6, 6.07) is 26.9. The van der Waals surface area contributed by atoms with Gasteiger partial charge in [0.15, 0.2) is 6.26 Å². The van der Waals surface area contributed by atoms with E-state index < -0.39 is 0 Å². The molecular formula is C20H14N2O. The van der Waals surface area contributed by atoms with E-state index in [-0.39, 0.29) is 0 Å². The fourth-order valence-electron chi connectivity index (χ4n) is 2.82. The third-order valence-corrected chi connectivity index (χ3v) is 3.85. The van der Waals surface area contributed by atoms with Crippen molar-refractivity contribution in [2.75, 3.05) is 0 Å². The van der Waals surface area contributed by atoms with Crippen molar-refractivity contribution in [3.05, 3.63) is 85.1 Å². The van der Waals surface area contributed by atoms with Crippen LogP contribution in [0.5, 0.6) is 0 Å². The van der Waals surface area contributed by atoms with Gasteiger partial charge in [-0.1, -0.05) is 78.9 Å². The number of benzene rings is 3. The summed E-state index contributed by atoms with van der Waals surface area (Å²) < 4.78 is 4.94. The third kappa shape index (κ3) is 2.53. The number of hydrogen-bond acceptors (Lipinski definition) is 3. The van der Waals surface area contributed by atoms with E-state index in [1.807, 2.05) is 36.4 Å². The van der Waals surface area contributed by atoms with Gasteiger partial charge in [0.1, 0.15) is 5.69 Å². The van der Waals surface area contributed by atoms with E-state index in [2.05, 4.69) is 52.8 Å². The van der Waals surface area contributed by atoms with E-state index in [0.29, 0.717) is 0 Å². The highest BCUT2D eigenvalue weighted by molar-refractivity contribution is 5.93. The van der Waals surface area contributed by atoms with Gasteiger partial charge in [0.2, 0.25) is 0 Å². The topological polar surface area (TPSA) is 38.9 Å². The third-order valence-electron chi connectivity index (χ3n) is 3.85. The van der Waals surface area contributed by atoms with Crippen LogP contribution in [0.1, 0.15) is 0 Å². The average Bonchev–Trinajstić information content (AvgIpc) is 3.17. The molecule has 0 unspecified atom stereocenters. The van der Waals surface area contributed by atoms with Crippen LogP contribution in [0.2, 0.25) is 0 Å². The molecule has 0 N–H and O–H groups in total. The summed E-state index contributed by atoms with van der Waals surface area (Å²) in [7, 11) is 0. The lowest BCUT2D eigenvalue weighted by Gasteiger charge is -2.14. The summed E-state index contributed by atoms with van der Waals surface area (Å²) in [6.45, 7) is 0. The van der Waals surface area contributed by atoms with Gasteiger partial charge in [0.05, 0.1) is 0 Å². The molecule has 110 valence electrons. The molecule has 23 heavy (non-hydrogen) atoms. The van der Waals surface area contributed by atoms with Crippen molar-refractivity contribution >= 4 is 0 Å². The van der Waals surface area contributed by atoms with Crippen LogP contribution in [-0.4, -0.2) is 10.4 Å². The maximum absolute atomic E-state index is 4.94. The molecule has 1 heterocycles. The number of aromatic nitrogens is 2. The second-order valence-corrected chi connectivity index (χ2v) is 5.25. The quantitative estimate of drug-likeness (QED) is 0.530. The van der Waals surface area contributed by atoms with Gasteiger partial charge in [-0.15, -0.1) is 5.10 Å². The summed E-state index contributed by atoms with van der Waals surface area (Å²) in [5.41, 5.74) is 6.36. The Labute approximate surface area is 134 Å². The number of hydrogen-bond donors (Lipinski definition) is 0. The van der Waals surface area contributed by atoms with Crippen LogP contribution >= 0.6 is 0 Å². The molecule has 0 atom stereocenters. The fraction of sp³-hybridized carbons (Fsp3) is 0. The van der Waals surface area contributed by atoms with Gasteiger partial charge in [-0.25, -0.2) is 0 Å². The molecular weight excluding hydrogens is 284 g/mol. The molecule has 3 nitrogen and oxygen atoms in total. The van der Waals surface area contributed by atoms with Crippen molar-refractivity contribution < 1.29 is 4.52 Å². The standard InChI is InChI=1S/C20H14N2O/c1-3-8-15(9-4-1)17-12-7-13-18(19-14-23-22-21-19)20(17)16-10-5-2-6-11-16/h1-14H. The molecule has 0 spiro atoms. The Hall–Kier alpha value is -3.20. The summed E-state index contributed by atoms with van der Waals surface area (Å²) in [5.74, 6) is 0. The highest BCUT2D eigenvalue weighted by Crippen LogP contribution is 2.39. The lowest BCUT2D eigenvalue weighted by Crippen LogP contribution is -1.90. The molecule has 3 aromatic carbocycles. The monoisotopic (exact) mass is 298 g/mol. The van der Waals surface area contributed by atoms with Gasteiger partial charge in [-0.2, -0.15) is 0 Å². The van der Waals surface area contributed by atoms with Crippen LogP contribution in [0, 0.1) is 0 Å². The van der Waals surface area contributed by atoms with E-state index in [1.165, 1.54) is 5.56 Å². The summed E-state index contributed by atoms with van der Waals surface area (Å²) in [6.07, 6.45) is 1.58. The van der Waals surface area contributed by atoms with E-state index in [0.717, 1.165) is 27.9 Å². The highest BCUT2D eigenvalue weighted by atomic mass is 16.5. The Balaban J connectivity index is 2.02. The Bertz CT molecular complexity index is 901. The minimum Gasteiger partial charge on any atom is -0.345 e. The molecule has 3 heteroatoms. The zero-order valence-electron chi connectivity index (χ0n) is 12.4. The molecule has 1 aromatic heterocycles. The van der Waals surface area contributed by atoms with Crippen LogP contribution < -0.4 is 0 Å². The first-order chi connectivity index (χ1) is 11.4. The van der Waals surface area contributed by atoms with Gasteiger partial charge >= 0.3 is 0 Å². The van der Waals surface area contributed by atoms with Crippen LogP contribution in [0.4, 0.5) is 0 Å². The van der Waals surface area contributed by atoms with Crippen molar-refractivity contribution in [2.45, 2.75) is 0 Å². The van der Waals surface area contributed by atoms with E-state index in [4.69, 9.17) is 4.52 Å². The molecule has 4 aromatic rings. The molecule has 0 bridgehead atoms. The molecule has 0 saturated heterocycles. The van der Waals surface area contributed by atoms with Crippen molar-refractivity contribution in [1.82, 2.24) is 10.4 Å². The number of nitrogens with zero attached hydrogens (tertiary/aromatic N) is 2. The van der Waals surface area contributed by atoms with Crippen LogP contribution in [0.25, 0.3) is 33.5 Å².